The number of fused-ring (bicyclic) bond motifs is 1. The van der Waals surface area contributed by atoms with E-state index in [1.165, 1.54) is 23.3 Å². The molecule has 4 aromatic rings. The molecule has 1 saturated heterocycles. The number of hydrogen-bond acceptors (Lipinski definition) is 8. The minimum Gasteiger partial charge on any atom is -0.507 e. The lowest BCUT2D eigenvalue weighted by Crippen LogP contribution is -2.29. The third-order valence-corrected chi connectivity index (χ3v) is 6.69. The van der Waals surface area contributed by atoms with E-state index in [2.05, 4.69) is 9.97 Å². The van der Waals surface area contributed by atoms with Crippen LogP contribution in [0.1, 0.15) is 24.1 Å². The molecule has 0 radical (unpaired) electrons. The number of pyridine rings is 1. The number of ether oxygens (including phenoxy) is 2. The van der Waals surface area contributed by atoms with Gasteiger partial charge in [0.15, 0.2) is 5.13 Å². The van der Waals surface area contributed by atoms with Crippen LogP contribution in [0.4, 0.5) is 5.13 Å². The van der Waals surface area contributed by atoms with Crippen molar-refractivity contribution in [2.45, 2.75) is 13.0 Å². The molecule has 3 heterocycles. The lowest BCUT2D eigenvalue weighted by molar-refractivity contribution is -0.132. The summed E-state index contributed by atoms with van der Waals surface area (Å²) in [5.74, 6) is -0.631. The van der Waals surface area contributed by atoms with Crippen LogP contribution in [0.5, 0.6) is 11.5 Å². The van der Waals surface area contributed by atoms with Crippen LogP contribution >= 0.6 is 11.3 Å². The number of carbonyl (C=O) groups is 2. The quantitative estimate of drug-likeness (QED) is 0.238. The van der Waals surface area contributed by atoms with E-state index in [1.807, 2.05) is 25.1 Å². The highest BCUT2D eigenvalue weighted by atomic mass is 32.1. The summed E-state index contributed by atoms with van der Waals surface area (Å²) in [4.78, 5) is 36.7. The molecule has 2 aromatic carbocycles. The van der Waals surface area contributed by atoms with Gasteiger partial charge < -0.3 is 14.6 Å². The van der Waals surface area contributed by atoms with Gasteiger partial charge in [-0.15, -0.1) is 0 Å². The van der Waals surface area contributed by atoms with Crippen LogP contribution in [0.15, 0.2) is 72.6 Å². The number of carbonyl (C=O) groups excluding carboxylic acids is 2. The first-order valence-electron chi connectivity index (χ1n) is 10.9. The number of benzene rings is 2. The summed E-state index contributed by atoms with van der Waals surface area (Å²) in [5.41, 5.74) is 1.64. The molecule has 9 heteroatoms. The van der Waals surface area contributed by atoms with Crippen molar-refractivity contribution in [1.29, 1.82) is 0 Å². The number of aromatic nitrogens is 2. The lowest BCUT2D eigenvalue weighted by Gasteiger charge is -2.22. The Morgan fingerprint density at radius 3 is 2.63 bits per heavy atom. The number of anilines is 1. The number of thiazole rings is 1. The van der Waals surface area contributed by atoms with Crippen LogP contribution < -0.4 is 14.4 Å². The van der Waals surface area contributed by atoms with Crippen molar-refractivity contribution in [2.75, 3.05) is 18.6 Å². The van der Waals surface area contributed by atoms with Gasteiger partial charge in [0, 0.05) is 18.0 Å². The smallest absolute Gasteiger partial charge is 0.301 e. The van der Waals surface area contributed by atoms with Crippen molar-refractivity contribution in [2.24, 2.45) is 0 Å². The van der Waals surface area contributed by atoms with Crippen LogP contribution in [-0.2, 0) is 9.59 Å². The topological polar surface area (TPSA) is 102 Å². The maximum atomic E-state index is 13.3. The second kappa shape index (κ2) is 9.19. The van der Waals surface area contributed by atoms with Crippen LogP contribution in [-0.4, -0.2) is 40.5 Å². The number of hydrogen-bond donors (Lipinski definition) is 1. The van der Waals surface area contributed by atoms with Crippen molar-refractivity contribution in [1.82, 2.24) is 9.97 Å². The fourth-order valence-corrected chi connectivity index (χ4v) is 5.09. The molecule has 1 fully saturated rings. The summed E-state index contributed by atoms with van der Waals surface area (Å²) in [7, 11) is 1.51. The van der Waals surface area contributed by atoms with E-state index in [1.54, 1.807) is 48.8 Å². The zero-order valence-corrected chi connectivity index (χ0v) is 19.8. The number of Topliss-reactive ketones (excluding diaryl/α,β-unsaturated/α-hetero) is 1. The first kappa shape index (κ1) is 22.5. The highest BCUT2D eigenvalue weighted by Crippen LogP contribution is 2.44. The first-order chi connectivity index (χ1) is 17.0. The van der Waals surface area contributed by atoms with Crippen LogP contribution in [0.2, 0.25) is 0 Å². The molecule has 0 aliphatic carbocycles. The second-order valence-corrected chi connectivity index (χ2v) is 8.75. The molecule has 1 unspecified atom stereocenters. The number of amides is 1. The maximum absolute atomic E-state index is 13.3. The number of ketones is 1. The van der Waals surface area contributed by atoms with Crippen molar-refractivity contribution < 1.29 is 24.2 Å². The number of rotatable bonds is 6. The van der Waals surface area contributed by atoms with Crippen LogP contribution in [0.3, 0.4) is 0 Å². The minimum absolute atomic E-state index is 0.0243. The predicted octanol–water partition coefficient (Wildman–Crippen LogP) is 4.72. The molecule has 1 N–H and O–H groups in total. The fraction of sp³-hybridized carbons (Fsp3) is 0.154. The number of aliphatic hydroxyl groups is 1. The Balaban J connectivity index is 1.68. The molecule has 5 rings (SSSR count). The standard InChI is InChI=1S/C26H21N3O5S/c1-3-34-18-7-8-19-20(14-18)35-26(28-19)29-22(15-9-11-27-12-10-15)21(24(31)25(29)32)23(30)16-5-4-6-17(13-16)33-2/h4-14,22,30H,3H2,1-2H3/b23-21+. The summed E-state index contributed by atoms with van der Waals surface area (Å²) < 4.78 is 11.6. The summed E-state index contributed by atoms with van der Waals surface area (Å²) in [6.45, 7) is 2.43. The second-order valence-electron chi connectivity index (χ2n) is 7.74. The van der Waals surface area contributed by atoms with Crippen molar-refractivity contribution in [3.8, 4) is 11.5 Å². The van der Waals surface area contributed by atoms with E-state index >= 15 is 0 Å². The summed E-state index contributed by atoms with van der Waals surface area (Å²) in [6, 6.07) is 14.7. The van der Waals surface area contributed by atoms with Gasteiger partial charge in [0.1, 0.15) is 17.3 Å². The highest BCUT2D eigenvalue weighted by molar-refractivity contribution is 7.22. The Morgan fingerprint density at radius 2 is 1.89 bits per heavy atom. The van der Waals surface area contributed by atoms with Crippen molar-refractivity contribution >= 4 is 44.1 Å². The predicted molar refractivity (Wildman–Crippen MR) is 133 cm³/mol. The van der Waals surface area contributed by atoms with Gasteiger partial charge in [0.25, 0.3) is 5.78 Å². The van der Waals surface area contributed by atoms with E-state index in [0.29, 0.717) is 39.9 Å². The molecular weight excluding hydrogens is 466 g/mol. The third-order valence-electron chi connectivity index (χ3n) is 5.68. The fourth-order valence-electron chi connectivity index (χ4n) is 4.07. The number of nitrogens with zero attached hydrogens (tertiary/aromatic N) is 3. The summed E-state index contributed by atoms with van der Waals surface area (Å²) >= 11 is 1.28. The van der Waals surface area contributed by atoms with E-state index in [0.717, 1.165) is 4.70 Å². The Labute approximate surface area is 205 Å². The van der Waals surface area contributed by atoms with Gasteiger partial charge in [0.2, 0.25) is 0 Å². The Morgan fingerprint density at radius 1 is 1.09 bits per heavy atom. The van der Waals surface area contributed by atoms with E-state index in [9.17, 15) is 14.7 Å². The monoisotopic (exact) mass is 487 g/mol. The van der Waals surface area contributed by atoms with Crippen molar-refractivity contribution in [3.05, 3.63) is 83.7 Å². The molecule has 1 amide bonds. The lowest BCUT2D eigenvalue weighted by atomic mass is 9.96. The van der Waals surface area contributed by atoms with Gasteiger partial charge in [-0.25, -0.2) is 4.98 Å². The molecule has 0 bridgehead atoms. The van der Waals surface area contributed by atoms with E-state index < -0.39 is 17.7 Å². The number of methoxy groups -OCH3 is 1. The van der Waals surface area contributed by atoms with E-state index in [4.69, 9.17) is 9.47 Å². The van der Waals surface area contributed by atoms with Gasteiger partial charge in [-0.2, -0.15) is 0 Å². The SMILES string of the molecule is CCOc1ccc2nc(N3C(=O)C(=O)/C(=C(/O)c4cccc(OC)c4)C3c3ccncc3)sc2c1. The summed E-state index contributed by atoms with van der Waals surface area (Å²) in [5, 5.41) is 11.6. The average Bonchev–Trinajstić information content (AvgIpc) is 3.42. The molecule has 0 spiro atoms. The largest absolute Gasteiger partial charge is 0.507 e. The zero-order chi connectivity index (χ0) is 24.5. The molecule has 1 aliphatic heterocycles. The van der Waals surface area contributed by atoms with Gasteiger partial charge in [-0.1, -0.05) is 23.5 Å². The summed E-state index contributed by atoms with van der Waals surface area (Å²) in [6.07, 6.45) is 3.15. The van der Waals surface area contributed by atoms with Gasteiger partial charge in [-0.05, 0) is 55.0 Å². The minimum atomic E-state index is -0.879. The molecule has 1 atom stereocenters. The average molecular weight is 488 g/mol. The molecule has 8 nitrogen and oxygen atoms in total. The molecule has 0 saturated carbocycles. The normalized spacial score (nSPS) is 17.2. The van der Waals surface area contributed by atoms with Gasteiger partial charge in [0.05, 0.1) is 35.5 Å². The Hall–Kier alpha value is -4.24. The number of aliphatic hydroxyl groups excluding tert-OH is 1. The maximum Gasteiger partial charge on any atom is 0.301 e. The Kier molecular flexibility index (Phi) is 5.92. The van der Waals surface area contributed by atoms with Gasteiger partial charge >= 0.3 is 5.91 Å². The third kappa shape index (κ3) is 4.00. The molecule has 35 heavy (non-hydrogen) atoms. The van der Waals surface area contributed by atoms with Crippen LogP contribution in [0, 0.1) is 0 Å². The molecule has 1 aliphatic rings. The first-order valence-corrected chi connectivity index (χ1v) is 11.7. The Bertz CT molecular complexity index is 1460. The highest BCUT2D eigenvalue weighted by Gasteiger charge is 2.48. The zero-order valence-electron chi connectivity index (χ0n) is 19.0. The van der Waals surface area contributed by atoms with Gasteiger partial charge in [-0.3, -0.25) is 19.5 Å². The molecular formula is C26H21N3O5S. The van der Waals surface area contributed by atoms with Crippen LogP contribution in [0.25, 0.3) is 16.0 Å². The van der Waals surface area contributed by atoms with Crippen molar-refractivity contribution in [3.63, 3.8) is 0 Å². The molecule has 176 valence electrons. The van der Waals surface area contributed by atoms with E-state index in [-0.39, 0.29) is 11.3 Å². The molecule has 2 aromatic heterocycles.